The summed E-state index contributed by atoms with van der Waals surface area (Å²) in [6, 6.07) is 8.11. The Morgan fingerprint density at radius 3 is 2.73 bits per heavy atom. The van der Waals surface area contributed by atoms with Gasteiger partial charge in [0.1, 0.15) is 0 Å². The number of carbonyl (C=O) groups excluding carboxylic acids is 1. The number of benzene rings is 1. The summed E-state index contributed by atoms with van der Waals surface area (Å²) in [6.07, 6.45) is 5.76. The van der Waals surface area contributed by atoms with Crippen LogP contribution in [0.1, 0.15) is 24.3 Å². The summed E-state index contributed by atoms with van der Waals surface area (Å²) in [5, 5.41) is 6.22. The van der Waals surface area contributed by atoms with E-state index in [1.54, 1.807) is 6.20 Å². The topological polar surface area (TPSA) is 67.2 Å². The molecular formula is C19H25Cl2N3O2. The van der Waals surface area contributed by atoms with Crippen molar-refractivity contribution in [2.75, 3.05) is 19.6 Å². The number of oxazole rings is 1. The van der Waals surface area contributed by atoms with Crippen molar-refractivity contribution in [3.05, 3.63) is 53.6 Å². The van der Waals surface area contributed by atoms with E-state index in [4.69, 9.17) is 4.42 Å². The molecule has 5 nitrogen and oxygen atoms in total. The van der Waals surface area contributed by atoms with E-state index >= 15 is 0 Å². The van der Waals surface area contributed by atoms with Gasteiger partial charge in [-0.15, -0.1) is 24.8 Å². The molecule has 0 unspecified atom stereocenters. The molecule has 0 saturated heterocycles. The fourth-order valence-electron chi connectivity index (χ4n) is 2.63. The Bertz CT molecular complexity index is 727. The van der Waals surface area contributed by atoms with Gasteiger partial charge in [0, 0.05) is 31.5 Å². The summed E-state index contributed by atoms with van der Waals surface area (Å²) in [6.45, 7) is 4.57. The smallest absolute Gasteiger partial charge is 0.220 e. The van der Waals surface area contributed by atoms with Gasteiger partial charge in [0.05, 0.1) is 6.20 Å². The normalized spacial score (nSPS) is 13.2. The number of nitrogens with one attached hydrogen (secondary N) is 2. The number of amides is 1. The highest BCUT2D eigenvalue weighted by Gasteiger charge is 2.10. The molecule has 0 spiro atoms. The predicted molar refractivity (Wildman–Crippen MR) is 108 cm³/mol. The van der Waals surface area contributed by atoms with Gasteiger partial charge in [0.25, 0.3) is 0 Å². The first-order valence-electron chi connectivity index (χ1n) is 8.38. The van der Waals surface area contributed by atoms with Crippen molar-refractivity contribution in [3.8, 4) is 11.3 Å². The summed E-state index contributed by atoms with van der Waals surface area (Å²) in [7, 11) is 0. The summed E-state index contributed by atoms with van der Waals surface area (Å²) in [4.78, 5) is 16.2. The largest absolute Gasteiger partial charge is 0.441 e. The average molecular weight is 398 g/mol. The molecule has 7 heteroatoms. The highest BCUT2D eigenvalue weighted by atomic mass is 35.5. The third-order valence-corrected chi connectivity index (χ3v) is 4.13. The monoisotopic (exact) mass is 397 g/mol. The lowest BCUT2D eigenvalue weighted by molar-refractivity contribution is -0.120. The van der Waals surface area contributed by atoms with Gasteiger partial charge in [0.2, 0.25) is 5.91 Å². The third-order valence-electron chi connectivity index (χ3n) is 4.13. The van der Waals surface area contributed by atoms with Gasteiger partial charge in [-0.3, -0.25) is 4.79 Å². The van der Waals surface area contributed by atoms with Crippen molar-refractivity contribution in [2.24, 2.45) is 0 Å². The number of aryl methyl sites for hydroxylation is 2. The zero-order chi connectivity index (χ0) is 16.8. The lowest BCUT2D eigenvalue weighted by atomic mass is 10.1. The Morgan fingerprint density at radius 1 is 1.27 bits per heavy atom. The molecule has 0 aliphatic carbocycles. The first-order valence-corrected chi connectivity index (χ1v) is 8.38. The molecule has 2 aromatic rings. The van der Waals surface area contributed by atoms with Crippen molar-refractivity contribution in [1.29, 1.82) is 0 Å². The van der Waals surface area contributed by atoms with E-state index in [1.165, 1.54) is 11.1 Å². The minimum Gasteiger partial charge on any atom is -0.441 e. The fraction of sp³-hybridized carbons (Fsp3) is 0.368. The van der Waals surface area contributed by atoms with Crippen molar-refractivity contribution in [1.82, 2.24) is 15.6 Å². The Labute approximate surface area is 166 Å². The minimum absolute atomic E-state index is 0. The van der Waals surface area contributed by atoms with Gasteiger partial charge < -0.3 is 15.1 Å². The molecule has 0 bridgehead atoms. The first kappa shape index (κ1) is 22.2. The maximum atomic E-state index is 11.9. The van der Waals surface area contributed by atoms with E-state index in [0.717, 1.165) is 30.8 Å². The van der Waals surface area contributed by atoms with Crippen molar-refractivity contribution < 1.29 is 9.21 Å². The van der Waals surface area contributed by atoms with Gasteiger partial charge >= 0.3 is 0 Å². The summed E-state index contributed by atoms with van der Waals surface area (Å²) in [5.41, 5.74) is 3.50. The molecular weight excluding hydrogens is 373 g/mol. The van der Waals surface area contributed by atoms with Crippen LogP contribution in [0.15, 0.2) is 46.5 Å². The van der Waals surface area contributed by atoms with Crippen LogP contribution in [0.4, 0.5) is 0 Å². The van der Waals surface area contributed by atoms with Gasteiger partial charge in [-0.2, -0.15) is 0 Å². The SMILES string of the molecule is Cc1ccc(-c2cnc(CCC(=O)NCC3=CCNCC3)o2)cc1.Cl.Cl. The van der Waals surface area contributed by atoms with Gasteiger partial charge in [-0.1, -0.05) is 41.5 Å². The van der Waals surface area contributed by atoms with Crippen molar-refractivity contribution in [2.45, 2.75) is 26.2 Å². The molecule has 3 rings (SSSR count). The molecule has 2 N–H and O–H groups in total. The molecule has 0 atom stereocenters. The Balaban J connectivity index is 0.00000169. The van der Waals surface area contributed by atoms with Crippen molar-refractivity contribution >= 4 is 30.7 Å². The van der Waals surface area contributed by atoms with E-state index in [1.807, 2.05) is 31.2 Å². The van der Waals surface area contributed by atoms with Gasteiger partial charge in [-0.25, -0.2) is 4.98 Å². The summed E-state index contributed by atoms with van der Waals surface area (Å²) in [5.74, 6) is 1.37. The second-order valence-corrected chi connectivity index (χ2v) is 6.08. The molecule has 1 aliphatic heterocycles. The number of halogens is 2. The molecule has 2 heterocycles. The first-order chi connectivity index (χ1) is 11.7. The van der Waals surface area contributed by atoms with Crippen LogP contribution in [0.5, 0.6) is 0 Å². The molecule has 26 heavy (non-hydrogen) atoms. The fourth-order valence-corrected chi connectivity index (χ4v) is 2.63. The van der Waals surface area contributed by atoms with Gasteiger partial charge in [0.15, 0.2) is 11.7 Å². The van der Waals surface area contributed by atoms with E-state index in [2.05, 4.69) is 21.7 Å². The van der Waals surface area contributed by atoms with E-state index in [-0.39, 0.29) is 30.7 Å². The predicted octanol–water partition coefficient (Wildman–Crippen LogP) is 3.46. The number of rotatable bonds is 6. The van der Waals surface area contributed by atoms with Crippen LogP contribution in [0.25, 0.3) is 11.3 Å². The number of hydrogen-bond acceptors (Lipinski definition) is 4. The number of hydrogen-bond donors (Lipinski definition) is 2. The van der Waals surface area contributed by atoms with Crippen LogP contribution >= 0.6 is 24.8 Å². The number of carbonyl (C=O) groups is 1. The summed E-state index contributed by atoms with van der Waals surface area (Å²) >= 11 is 0. The molecule has 0 fully saturated rings. The molecule has 1 aromatic carbocycles. The van der Waals surface area contributed by atoms with E-state index in [0.29, 0.717) is 25.3 Å². The van der Waals surface area contributed by atoms with Gasteiger partial charge in [-0.05, 0) is 19.9 Å². The quantitative estimate of drug-likeness (QED) is 0.732. The van der Waals surface area contributed by atoms with Crippen molar-refractivity contribution in [3.63, 3.8) is 0 Å². The standard InChI is InChI=1S/C19H23N3O2.2ClH/c1-14-2-4-16(5-3-14)17-13-22-19(24-17)7-6-18(23)21-12-15-8-10-20-11-9-15;;/h2-5,8,13,20H,6-7,9-12H2,1H3,(H,21,23);2*1H. The van der Waals surface area contributed by atoms with E-state index in [9.17, 15) is 4.79 Å². The lowest BCUT2D eigenvalue weighted by Gasteiger charge is -2.14. The van der Waals surface area contributed by atoms with Crippen LogP contribution in [-0.4, -0.2) is 30.5 Å². The molecule has 0 radical (unpaired) electrons. The average Bonchev–Trinajstić information content (AvgIpc) is 3.09. The molecule has 1 amide bonds. The van der Waals surface area contributed by atoms with Crippen LogP contribution in [0, 0.1) is 6.92 Å². The molecule has 1 aliphatic rings. The second kappa shape index (κ2) is 11.0. The van der Waals surface area contributed by atoms with Crippen LogP contribution in [0.2, 0.25) is 0 Å². The Morgan fingerprint density at radius 2 is 2.04 bits per heavy atom. The highest BCUT2D eigenvalue weighted by molar-refractivity contribution is 5.85. The highest BCUT2D eigenvalue weighted by Crippen LogP contribution is 2.21. The summed E-state index contributed by atoms with van der Waals surface area (Å²) < 4.78 is 5.74. The Hall–Kier alpha value is -1.82. The number of aromatic nitrogens is 1. The van der Waals surface area contributed by atoms with Crippen LogP contribution in [0.3, 0.4) is 0 Å². The molecule has 142 valence electrons. The van der Waals surface area contributed by atoms with Crippen LogP contribution in [-0.2, 0) is 11.2 Å². The Kier molecular flexibility index (Phi) is 9.41. The zero-order valence-electron chi connectivity index (χ0n) is 14.8. The van der Waals surface area contributed by atoms with E-state index < -0.39 is 0 Å². The minimum atomic E-state index is 0. The maximum absolute atomic E-state index is 11.9. The maximum Gasteiger partial charge on any atom is 0.220 e. The molecule has 0 saturated carbocycles. The third kappa shape index (κ3) is 6.48. The second-order valence-electron chi connectivity index (χ2n) is 6.08. The number of nitrogens with zero attached hydrogens (tertiary/aromatic N) is 1. The van der Waals surface area contributed by atoms with Crippen LogP contribution < -0.4 is 10.6 Å². The lowest BCUT2D eigenvalue weighted by Crippen LogP contribution is -2.29. The zero-order valence-corrected chi connectivity index (χ0v) is 16.4. The molecule has 1 aromatic heterocycles.